The third-order valence-corrected chi connectivity index (χ3v) is 3.17. The van der Waals surface area contributed by atoms with Crippen LogP contribution in [0.4, 0.5) is 5.69 Å². The van der Waals surface area contributed by atoms with Crippen molar-refractivity contribution in [1.29, 1.82) is 0 Å². The first kappa shape index (κ1) is 11.4. The summed E-state index contributed by atoms with van der Waals surface area (Å²) in [5, 5.41) is 9.80. The number of nitrogens with two attached hydrogens (primary N) is 1. The third kappa shape index (κ3) is 3.60. The molecule has 3 N–H and O–H groups in total. The lowest BCUT2D eigenvalue weighted by Crippen LogP contribution is -2.01. The number of aliphatic hydroxyl groups is 1. The number of aliphatic hydroxyl groups excluding tert-OH is 1. The van der Waals surface area contributed by atoms with Gasteiger partial charge in [-0.3, -0.25) is 0 Å². The molecule has 1 rings (SSSR count). The molecule has 0 saturated heterocycles. The first-order valence-corrected chi connectivity index (χ1v) is 6.00. The molecule has 3 heteroatoms. The average Bonchev–Trinajstić information content (AvgIpc) is 2.18. The summed E-state index contributed by atoms with van der Waals surface area (Å²) in [4.78, 5) is 0. The zero-order valence-corrected chi connectivity index (χ0v) is 9.26. The molecule has 0 spiro atoms. The molecule has 0 aromatic heterocycles. The van der Waals surface area contributed by atoms with Crippen LogP contribution in [-0.4, -0.2) is 16.6 Å². The molecular formula is C11H17NOS. The molecule has 1 aromatic carbocycles. The highest BCUT2D eigenvalue weighted by Gasteiger charge is 2.06. The van der Waals surface area contributed by atoms with Gasteiger partial charge in [0.1, 0.15) is 0 Å². The van der Waals surface area contributed by atoms with Gasteiger partial charge in [-0.2, -0.15) is 11.8 Å². The van der Waals surface area contributed by atoms with E-state index in [1.165, 1.54) is 0 Å². The quantitative estimate of drug-likeness (QED) is 0.581. The fourth-order valence-electron chi connectivity index (χ4n) is 1.20. The number of nitrogen functional groups attached to an aromatic ring is 1. The van der Waals surface area contributed by atoms with Crippen molar-refractivity contribution >= 4 is 17.4 Å². The van der Waals surface area contributed by atoms with Gasteiger partial charge >= 0.3 is 0 Å². The van der Waals surface area contributed by atoms with E-state index < -0.39 is 6.10 Å². The van der Waals surface area contributed by atoms with Gasteiger partial charge in [-0.05, 0) is 29.9 Å². The molecule has 2 nitrogen and oxygen atoms in total. The Morgan fingerprint density at radius 3 is 2.93 bits per heavy atom. The summed E-state index contributed by atoms with van der Waals surface area (Å²) in [6.07, 6.45) is 0.754. The van der Waals surface area contributed by atoms with Crippen molar-refractivity contribution < 1.29 is 5.11 Å². The van der Waals surface area contributed by atoms with E-state index in [1.807, 2.05) is 24.3 Å². The summed E-state index contributed by atoms with van der Waals surface area (Å²) in [5.41, 5.74) is 7.25. The van der Waals surface area contributed by atoms with Crippen molar-refractivity contribution in [1.82, 2.24) is 0 Å². The molecule has 14 heavy (non-hydrogen) atoms. The summed E-state index contributed by atoms with van der Waals surface area (Å²) < 4.78 is 0. The van der Waals surface area contributed by atoms with E-state index in [-0.39, 0.29) is 0 Å². The second-order valence-corrected chi connectivity index (χ2v) is 4.41. The highest BCUT2D eigenvalue weighted by Crippen LogP contribution is 2.20. The molecule has 78 valence electrons. The zero-order chi connectivity index (χ0) is 10.4. The Morgan fingerprint density at radius 1 is 1.50 bits per heavy atom. The summed E-state index contributed by atoms with van der Waals surface area (Å²) in [7, 11) is 0. The van der Waals surface area contributed by atoms with Crippen LogP contribution < -0.4 is 5.73 Å². The maximum Gasteiger partial charge on any atom is 0.0881 e. The van der Waals surface area contributed by atoms with Crippen LogP contribution in [0.5, 0.6) is 0 Å². The zero-order valence-electron chi connectivity index (χ0n) is 8.44. The predicted molar refractivity (Wildman–Crippen MR) is 63.4 cm³/mol. The second-order valence-electron chi connectivity index (χ2n) is 3.26. The molecule has 0 radical (unpaired) electrons. The summed E-state index contributed by atoms with van der Waals surface area (Å²) in [6.45, 7) is 2.14. The van der Waals surface area contributed by atoms with E-state index in [0.29, 0.717) is 5.69 Å². The van der Waals surface area contributed by atoms with Gasteiger partial charge in [-0.25, -0.2) is 0 Å². The SMILES string of the molecule is CCCSCC(O)c1cccc(N)c1. The normalized spacial score (nSPS) is 12.7. The number of benzene rings is 1. The molecule has 1 unspecified atom stereocenters. The number of hydrogen-bond donors (Lipinski definition) is 2. The molecule has 0 aliphatic heterocycles. The number of thioether (sulfide) groups is 1. The van der Waals surface area contributed by atoms with Gasteiger partial charge in [0.25, 0.3) is 0 Å². The summed E-state index contributed by atoms with van der Waals surface area (Å²) in [6, 6.07) is 7.44. The predicted octanol–water partition coefficient (Wildman–Crippen LogP) is 2.45. The van der Waals surface area contributed by atoms with E-state index in [0.717, 1.165) is 23.5 Å². The molecule has 0 heterocycles. The molecule has 0 saturated carbocycles. The Balaban J connectivity index is 2.47. The highest BCUT2D eigenvalue weighted by atomic mass is 32.2. The van der Waals surface area contributed by atoms with Crippen LogP contribution >= 0.6 is 11.8 Å². The molecule has 0 aliphatic carbocycles. The van der Waals surface area contributed by atoms with E-state index in [4.69, 9.17) is 5.73 Å². The monoisotopic (exact) mass is 211 g/mol. The minimum atomic E-state index is -0.393. The first-order chi connectivity index (χ1) is 6.74. The smallest absolute Gasteiger partial charge is 0.0881 e. The maximum absolute atomic E-state index is 9.80. The van der Waals surface area contributed by atoms with Gasteiger partial charge in [0.15, 0.2) is 0 Å². The Hall–Kier alpha value is -0.670. The van der Waals surface area contributed by atoms with Crippen LogP contribution in [0.15, 0.2) is 24.3 Å². The highest BCUT2D eigenvalue weighted by molar-refractivity contribution is 7.99. The Kier molecular flexibility index (Phi) is 4.84. The summed E-state index contributed by atoms with van der Waals surface area (Å²) in [5.74, 6) is 1.84. The lowest BCUT2D eigenvalue weighted by atomic mass is 10.1. The lowest BCUT2D eigenvalue weighted by molar-refractivity contribution is 0.204. The van der Waals surface area contributed by atoms with Gasteiger partial charge in [0.05, 0.1) is 6.10 Å². The minimum Gasteiger partial charge on any atom is -0.399 e. The minimum absolute atomic E-state index is 0.393. The molecule has 0 bridgehead atoms. The van der Waals surface area contributed by atoms with E-state index in [9.17, 15) is 5.11 Å². The molecule has 0 aliphatic rings. The van der Waals surface area contributed by atoms with E-state index in [2.05, 4.69) is 6.92 Å². The lowest BCUT2D eigenvalue weighted by Gasteiger charge is -2.10. The first-order valence-electron chi connectivity index (χ1n) is 4.85. The molecule has 0 fully saturated rings. The van der Waals surface area contributed by atoms with Crippen molar-refractivity contribution in [2.45, 2.75) is 19.4 Å². The molecule has 1 atom stereocenters. The molecule has 0 amide bonds. The molecular weight excluding hydrogens is 194 g/mol. The van der Waals surface area contributed by atoms with Crippen molar-refractivity contribution in [2.24, 2.45) is 0 Å². The number of anilines is 1. The Bertz CT molecular complexity index is 278. The maximum atomic E-state index is 9.80. The van der Waals surface area contributed by atoms with Crippen LogP contribution in [0.2, 0.25) is 0 Å². The number of hydrogen-bond acceptors (Lipinski definition) is 3. The van der Waals surface area contributed by atoms with Gasteiger partial charge in [-0.1, -0.05) is 19.1 Å². The fourth-order valence-corrected chi connectivity index (χ4v) is 2.07. The Morgan fingerprint density at radius 2 is 2.29 bits per heavy atom. The van der Waals surface area contributed by atoms with Gasteiger partial charge < -0.3 is 10.8 Å². The van der Waals surface area contributed by atoms with Crippen LogP contribution in [-0.2, 0) is 0 Å². The third-order valence-electron chi connectivity index (χ3n) is 1.92. The topological polar surface area (TPSA) is 46.2 Å². The van der Waals surface area contributed by atoms with Crippen molar-refractivity contribution in [3.63, 3.8) is 0 Å². The van der Waals surface area contributed by atoms with Crippen molar-refractivity contribution in [3.05, 3.63) is 29.8 Å². The fraction of sp³-hybridized carbons (Fsp3) is 0.455. The largest absolute Gasteiger partial charge is 0.399 e. The van der Waals surface area contributed by atoms with Crippen LogP contribution in [0.1, 0.15) is 25.0 Å². The van der Waals surface area contributed by atoms with E-state index >= 15 is 0 Å². The summed E-state index contributed by atoms with van der Waals surface area (Å²) >= 11 is 1.77. The van der Waals surface area contributed by atoms with Crippen LogP contribution in [0.25, 0.3) is 0 Å². The van der Waals surface area contributed by atoms with Gasteiger partial charge in [0.2, 0.25) is 0 Å². The average molecular weight is 211 g/mol. The van der Waals surface area contributed by atoms with Crippen LogP contribution in [0.3, 0.4) is 0 Å². The van der Waals surface area contributed by atoms with Crippen LogP contribution in [0, 0.1) is 0 Å². The number of rotatable bonds is 5. The second kappa shape index (κ2) is 5.94. The van der Waals surface area contributed by atoms with Gasteiger partial charge in [-0.15, -0.1) is 0 Å². The van der Waals surface area contributed by atoms with Crippen molar-refractivity contribution in [3.8, 4) is 0 Å². The standard InChI is InChI=1S/C11H17NOS/c1-2-6-14-8-11(13)9-4-3-5-10(12)7-9/h3-5,7,11,13H,2,6,8,12H2,1H3. The molecule has 1 aromatic rings. The van der Waals surface area contributed by atoms with E-state index in [1.54, 1.807) is 11.8 Å². The Labute approximate surface area is 89.5 Å². The van der Waals surface area contributed by atoms with Gasteiger partial charge in [0, 0.05) is 11.4 Å². The van der Waals surface area contributed by atoms with Crippen molar-refractivity contribution in [2.75, 3.05) is 17.2 Å².